The van der Waals surface area contributed by atoms with Gasteiger partial charge in [0.25, 0.3) is 0 Å². The molecule has 2 rings (SSSR count). The van der Waals surface area contributed by atoms with Crippen molar-refractivity contribution in [2.24, 2.45) is 0 Å². The van der Waals surface area contributed by atoms with Gasteiger partial charge in [-0.05, 0) is 42.8 Å². The lowest BCUT2D eigenvalue weighted by atomic mass is 10.2. The maximum Gasteiger partial charge on any atom is 0.338 e. The van der Waals surface area contributed by atoms with E-state index in [-0.39, 0.29) is 5.97 Å². The molecule has 104 valence electrons. The minimum atomic E-state index is -0.387. The molecule has 1 heterocycles. The Bertz CT molecular complexity index is 626. The van der Waals surface area contributed by atoms with E-state index < -0.39 is 0 Å². The number of carbonyl (C=O) groups is 1. The number of pyridine rings is 1. The summed E-state index contributed by atoms with van der Waals surface area (Å²) < 4.78 is 9.85. The Morgan fingerprint density at radius 2 is 2.00 bits per heavy atom. The summed E-state index contributed by atoms with van der Waals surface area (Å²) in [6, 6.07) is 8.94. The zero-order valence-corrected chi connectivity index (χ0v) is 11.6. The van der Waals surface area contributed by atoms with Crippen LogP contribution in [0.1, 0.15) is 15.9 Å². The van der Waals surface area contributed by atoms with E-state index in [4.69, 9.17) is 4.74 Å². The molecule has 5 nitrogen and oxygen atoms in total. The lowest BCUT2D eigenvalue weighted by molar-refractivity contribution is 0.0600. The predicted octanol–water partition coefficient (Wildman–Crippen LogP) is 2.93. The standard InChI is InChI=1S/C15H16N2O3/c1-10-8-12(19-2)4-5-13(10)17-14-9-11(6-7-16-14)15(18)20-3/h4-9H,1-3H3,(H,16,17). The normalized spacial score (nSPS) is 9.95. The molecule has 0 fully saturated rings. The second-order valence-electron chi connectivity index (χ2n) is 4.23. The molecule has 0 saturated carbocycles. The fourth-order valence-corrected chi connectivity index (χ4v) is 1.79. The number of carbonyl (C=O) groups excluding carboxylic acids is 1. The minimum Gasteiger partial charge on any atom is -0.497 e. The highest BCUT2D eigenvalue weighted by Crippen LogP contribution is 2.24. The highest BCUT2D eigenvalue weighted by molar-refractivity contribution is 5.90. The topological polar surface area (TPSA) is 60.5 Å². The zero-order chi connectivity index (χ0) is 14.5. The molecule has 0 saturated heterocycles. The SMILES string of the molecule is COC(=O)c1ccnc(Nc2ccc(OC)cc2C)c1. The first kappa shape index (κ1) is 13.9. The number of benzene rings is 1. The summed E-state index contributed by atoms with van der Waals surface area (Å²) in [7, 11) is 2.98. The molecule has 0 aliphatic carbocycles. The van der Waals surface area contributed by atoms with Crippen LogP contribution in [-0.4, -0.2) is 25.2 Å². The zero-order valence-electron chi connectivity index (χ0n) is 11.6. The van der Waals surface area contributed by atoms with Gasteiger partial charge in [0.1, 0.15) is 11.6 Å². The van der Waals surface area contributed by atoms with Crippen LogP contribution in [0.2, 0.25) is 0 Å². The van der Waals surface area contributed by atoms with Crippen LogP contribution in [0.4, 0.5) is 11.5 Å². The molecule has 0 atom stereocenters. The van der Waals surface area contributed by atoms with E-state index in [0.29, 0.717) is 11.4 Å². The third-order valence-electron chi connectivity index (χ3n) is 2.88. The Labute approximate surface area is 117 Å². The van der Waals surface area contributed by atoms with Gasteiger partial charge >= 0.3 is 5.97 Å². The molecular formula is C15H16N2O3. The Hall–Kier alpha value is -2.56. The molecule has 2 aromatic rings. The predicted molar refractivity (Wildman–Crippen MR) is 76.6 cm³/mol. The Kier molecular flexibility index (Phi) is 4.20. The van der Waals surface area contributed by atoms with Crippen molar-refractivity contribution < 1.29 is 14.3 Å². The molecule has 0 amide bonds. The van der Waals surface area contributed by atoms with E-state index in [9.17, 15) is 4.79 Å². The number of esters is 1. The number of aryl methyl sites for hydroxylation is 1. The van der Waals surface area contributed by atoms with Gasteiger partial charge in [-0.3, -0.25) is 0 Å². The largest absolute Gasteiger partial charge is 0.497 e. The molecule has 1 N–H and O–H groups in total. The molecule has 0 unspecified atom stereocenters. The van der Waals surface area contributed by atoms with Gasteiger partial charge in [-0.25, -0.2) is 9.78 Å². The van der Waals surface area contributed by atoms with Crippen LogP contribution in [0.25, 0.3) is 0 Å². The smallest absolute Gasteiger partial charge is 0.338 e. The van der Waals surface area contributed by atoms with E-state index in [1.807, 2.05) is 25.1 Å². The van der Waals surface area contributed by atoms with Crippen LogP contribution >= 0.6 is 0 Å². The van der Waals surface area contributed by atoms with E-state index in [0.717, 1.165) is 17.0 Å². The highest BCUT2D eigenvalue weighted by atomic mass is 16.5. The van der Waals surface area contributed by atoms with E-state index in [2.05, 4.69) is 15.0 Å². The lowest BCUT2D eigenvalue weighted by Gasteiger charge is -2.10. The summed E-state index contributed by atoms with van der Waals surface area (Å²) in [6.45, 7) is 1.97. The van der Waals surface area contributed by atoms with Crippen molar-refractivity contribution in [2.45, 2.75) is 6.92 Å². The molecule has 20 heavy (non-hydrogen) atoms. The fourth-order valence-electron chi connectivity index (χ4n) is 1.79. The number of rotatable bonds is 4. The van der Waals surface area contributed by atoms with Crippen LogP contribution in [0.3, 0.4) is 0 Å². The van der Waals surface area contributed by atoms with E-state index >= 15 is 0 Å². The number of ether oxygens (including phenoxy) is 2. The van der Waals surface area contributed by atoms with Gasteiger partial charge in [-0.2, -0.15) is 0 Å². The molecule has 0 bridgehead atoms. The summed E-state index contributed by atoms with van der Waals surface area (Å²) in [6.07, 6.45) is 1.56. The van der Waals surface area contributed by atoms with Gasteiger partial charge in [0.2, 0.25) is 0 Å². The van der Waals surface area contributed by atoms with E-state index in [1.54, 1.807) is 25.4 Å². The third kappa shape index (κ3) is 3.06. The fraction of sp³-hybridized carbons (Fsp3) is 0.200. The number of anilines is 2. The second-order valence-corrected chi connectivity index (χ2v) is 4.23. The maximum atomic E-state index is 11.5. The number of nitrogens with zero attached hydrogens (tertiary/aromatic N) is 1. The Morgan fingerprint density at radius 3 is 2.65 bits per heavy atom. The van der Waals surface area contributed by atoms with Gasteiger partial charge < -0.3 is 14.8 Å². The van der Waals surface area contributed by atoms with Crippen LogP contribution in [0.5, 0.6) is 5.75 Å². The average molecular weight is 272 g/mol. The summed E-state index contributed by atoms with van der Waals surface area (Å²) in [4.78, 5) is 15.7. The van der Waals surface area contributed by atoms with Crippen LogP contribution in [0, 0.1) is 6.92 Å². The van der Waals surface area contributed by atoms with Crippen molar-refractivity contribution in [2.75, 3.05) is 19.5 Å². The van der Waals surface area contributed by atoms with Crippen molar-refractivity contribution in [3.05, 3.63) is 47.7 Å². The van der Waals surface area contributed by atoms with Crippen LogP contribution in [0.15, 0.2) is 36.5 Å². The molecule has 1 aromatic heterocycles. The first-order valence-electron chi connectivity index (χ1n) is 6.10. The molecule has 5 heteroatoms. The van der Waals surface area contributed by atoms with Gasteiger partial charge in [0.05, 0.1) is 19.8 Å². The van der Waals surface area contributed by atoms with Crippen LogP contribution < -0.4 is 10.1 Å². The van der Waals surface area contributed by atoms with Crippen molar-refractivity contribution in [1.29, 1.82) is 0 Å². The Morgan fingerprint density at radius 1 is 1.20 bits per heavy atom. The number of hydrogen-bond acceptors (Lipinski definition) is 5. The first-order chi connectivity index (χ1) is 9.63. The van der Waals surface area contributed by atoms with Crippen molar-refractivity contribution in [3.63, 3.8) is 0 Å². The summed E-state index contributed by atoms with van der Waals surface area (Å²) >= 11 is 0. The summed E-state index contributed by atoms with van der Waals surface area (Å²) in [5.41, 5.74) is 2.38. The molecule has 0 aliphatic rings. The Balaban J connectivity index is 2.24. The number of hydrogen-bond donors (Lipinski definition) is 1. The van der Waals surface area contributed by atoms with Gasteiger partial charge in [-0.1, -0.05) is 0 Å². The monoisotopic (exact) mass is 272 g/mol. The highest BCUT2D eigenvalue weighted by Gasteiger charge is 2.07. The van der Waals surface area contributed by atoms with Gasteiger partial charge in [-0.15, -0.1) is 0 Å². The lowest BCUT2D eigenvalue weighted by Crippen LogP contribution is -2.03. The van der Waals surface area contributed by atoms with Gasteiger partial charge in [0.15, 0.2) is 0 Å². The quantitative estimate of drug-likeness (QED) is 0.867. The first-order valence-corrected chi connectivity index (χ1v) is 6.10. The van der Waals surface area contributed by atoms with E-state index in [1.165, 1.54) is 7.11 Å². The maximum absolute atomic E-state index is 11.5. The van der Waals surface area contributed by atoms with Crippen LogP contribution in [-0.2, 0) is 4.74 Å². The summed E-state index contributed by atoms with van der Waals surface area (Å²) in [5, 5.41) is 3.17. The number of nitrogens with one attached hydrogen (secondary N) is 1. The molecule has 1 aromatic carbocycles. The number of methoxy groups -OCH3 is 2. The second kappa shape index (κ2) is 6.06. The van der Waals surface area contributed by atoms with Gasteiger partial charge in [0, 0.05) is 11.9 Å². The minimum absolute atomic E-state index is 0.387. The van der Waals surface area contributed by atoms with Crippen molar-refractivity contribution in [1.82, 2.24) is 4.98 Å². The average Bonchev–Trinajstić information content (AvgIpc) is 2.48. The molecule has 0 spiro atoms. The van der Waals surface area contributed by atoms with Crippen molar-refractivity contribution >= 4 is 17.5 Å². The van der Waals surface area contributed by atoms with Crippen molar-refractivity contribution in [3.8, 4) is 5.75 Å². The third-order valence-corrected chi connectivity index (χ3v) is 2.88. The summed E-state index contributed by atoms with van der Waals surface area (Å²) in [5.74, 6) is 0.993. The number of aromatic nitrogens is 1. The molecule has 0 radical (unpaired) electrons. The molecular weight excluding hydrogens is 256 g/mol. The molecule has 0 aliphatic heterocycles.